The summed E-state index contributed by atoms with van der Waals surface area (Å²) in [5.74, 6) is 0.177. The maximum Gasteiger partial charge on any atom is 0.303 e. The van der Waals surface area contributed by atoms with Gasteiger partial charge in [-0.2, -0.15) is 0 Å². The minimum Gasteiger partial charge on any atom is -0.481 e. The van der Waals surface area contributed by atoms with Gasteiger partial charge >= 0.3 is 5.97 Å². The van der Waals surface area contributed by atoms with Crippen molar-refractivity contribution in [2.45, 2.75) is 24.4 Å². The lowest BCUT2D eigenvalue weighted by Crippen LogP contribution is -2.30. The van der Waals surface area contributed by atoms with Crippen LogP contribution >= 0.6 is 23.5 Å². The van der Waals surface area contributed by atoms with Crippen LogP contribution in [0.3, 0.4) is 0 Å². The van der Waals surface area contributed by atoms with Gasteiger partial charge in [0.15, 0.2) is 11.8 Å². The number of carboxylic acid groups (broad SMARTS) is 1. The molecular weight excluding hydrogens is 320 g/mol. The highest BCUT2D eigenvalue weighted by Gasteiger charge is 2.14. The topological polar surface area (TPSA) is 42.2 Å². The van der Waals surface area contributed by atoms with Gasteiger partial charge in [0.25, 0.3) is 0 Å². The van der Waals surface area contributed by atoms with E-state index < -0.39 is 5.97 Å². The van der Waals surface area contributed by atoms with Gasteiger partial charge in [-0.15, -0.1) is 11.8 Å². The molecule has 0 saturated heterocycles. The van der Waals surface area contributed by atoms with E-state index in [1.54, 1.807) is 11.8 Å². The number of rotatable bonds is 8. The number of carbonyl (C=O) groups is 1. The summed E-state index contributed by atoms with van der Waals surface area (Å²) < 4.78 is 2.59. The number of benzene rings is 1. The number of halogens is 1. The van der Waals surface area contributed by atoms with Crippen LogP contribution in [0.15, 0.2) is 35.5 Å². The van der Waals surface area contributed by atoms with Crippen LogP contribution in [0.5, 0.6) is 0 Å². The molecule has 0 saturated carbocycles. The van der Waals surface area contributed by atoms with E-state index in [0.29, 0.717) is 10.4 Å². The van der Waals surface area contributed by atoms with Crippen molar-refractivity contribution in [3.63, 3.8) is 0 Å². The van der Waals surface area contributed by atoms with Crippen molar-refractivity contribution in [2.24, 2.45) is 0 Å². The Morgan fingerprint density at radius 3 is 2.77 bits per heavy atom. The van der Waals surface area contributed by atoms with Gasteiger partial charge in [-0.1, -0.05) is 24.3 Å². The molecule has 0 aliphatic heterocycles. The second kappa shape index (κ2) is 7.40. The van der Waals surface area contributed by atoms with Crippen LogP contribution < -0.4 is 0 Å². The molecule has 4 nitrogen and oxygen atoms in total. The van der Waals surface area contributed by atoms with Crippen LogP contribution in [-0.4, -0.2) is 46.0 Å². The lowest BCUT2D eigenvalue weighted by molar-refractivity contribution is -0.768. The predicted molar refractivity (Wildman–Crippen MR) is 92.4 cm³/mol. The van der Waals surface area contributed by atoms with Crippen molar-refractivity contribution in [2.75, 3.05) is 26.4 Å². The fraction of sp³-hybridized carbons (Fsp3) is 0.438. The molecule has 0 aliphatic rings. The smallest absolute Gasteiger partial charge is 0.303 e. The Morgan fingerprint density at radius 1 is 1.36 bits per heavy atom. The average Bonchev–Trinajstić information content (AvgIpc) is 2.75. The Kier molecular flexibility index (Phi) is 5.78. The normalized spacial score (nSPS) is 12.0. The van der Waals surface area contributed by atoms with Crippen LogP contribution in [-0.2, 0) is 11.3 Å². The van der Waals surface area contributed by atoms with E-state index in [1.165, 1.54) is 15.8 Å². The summed E-state index contributed by atoms with van der Waals surface area (Å²) in [6, 6.07) is 8.27. The number of fused-ring (bicyclic) bond motifs is 1. The molecule has 0 aliphatic carbocycles. The fourth-order valence-corrected chi connectivity index (χ4v) is 3.85. The third-order valence-corrected chi connectivity index (χ3v) is 4.68. The molecule has 1 N–H and O–H groups in total. The Morgan fingerprint density at radius 2 is 2.09 bits per heavy atom. The number of thioether (sulfide) groups is 1. The highest BCUT2D eigenvalue weighted by atomic mass is 35.5. The molecule has 0 fully saturated rings. The first-order valence-corrected chi connectivity index (χ1v) is 8.64. The van der Waals surface area contributed by atoms with E-state index in [4.69, 9.17) is 16.9 Å². The molecule has 0 bridgehead atoms. The van der Waals surface area contributed by atoms with E-state index in [1.807, 2.05) is 26.2 Å². The Labute approximate surface area is 140 Å². The van der Waals surface area contributed by atoms with Gasteiger partial charge < -0.3 is 9.67 Å². The van der Waals surface area contributed by atoms with Crippen LogP contribution in [0.4, 0.5) is 0 Å². The number of hydrogen-bond donors (Lipinski definition) is 1. The van der Waals surface area contributed by atoms with Gasteiger partial charge in [-0.25, -0.2) is 4.00 Å². The van der Waals surface area contributed by atoms with Crippen LogP contribution in [0.1, 0.15) is 12.8 Å². The molecule has 2 rings (SSSR count). The number of carboxylic acids is 1. The maximum absolute atomic E-state index is 10.7. The Hall–Kier alpha value is -1.17. The number of hydrogen-bond acceptors (Lipinski definition) is 2. The largest absolute Gasteiger partial charge is 0.481 e. The highest BCUT2D eigenvalue weighted by Crippen LogP contribution is 2.30. The lowest BCUT2D eigenvalue weighted by atomic mass is 10.2. The van der Waals surface area contributed by atoms with Crippen molar-refractivity contribution in [3.8, 4) is 0 Å². The van der Waals surface area contributed by atoms with E-state index in [-0.39, 0.29) is 6.42 Å². The van der Waals surface area contributed by atoms with Crippen LogP contribution in [0.25, 0.3) is 10.8 Å². The van der Waals surface area contributed by atoms with Crippen molar-refractivity contribution in [1.82, 2.24) is 4.57 Å². The third kappa shape index (κ3) is 4.93. The zero-order chi connectivity index (χ0) is 16.2. The quantitative estimate of drug-likeness (QED) is 0.586. The summed E-state index contributed by atoms with van der Waals surface area (Å²) in [5, 5.41) is 12.4. The average molecular weight is 342 g/mol. The molecule has 0 atom stereocenters. The number of aryl methyl sites for hydroxylation is 1. The summed E-state index contributed by atoms with van der Waals surface area (Å²) in [4.78, 5) is 10.7. The predicted octanol–water partition coefficient (Wildman–Crippen LogP) is 3.83. The van der Waals surface area contributed by atoms with E-state index >= 15 is 0 Å². The second-order valence-electron chi connectivity index (χ2n) is 5.82. The monoisotopic (exact) mass is 341 g/mol. The van der Waals surface area contributed by atoms with E-state index in [2.05, 4.69) is 22.9 Å². The highest BCUT2D eigenvalue weighted by molar-refractivity contribution is 7.99. The van der Waals surface area contributed by atoms with Crippen molar-refractivity contribution < 1.29 is 13.9 Å². The second-order valence-corrected chi connectivity index (χ2v) is 7.82. The first kappa shape index (κ1) is 17.2. The standard InChI is InChI=1S/C16H21ClN2O2S/c1-19(2,17)10-11-22-16-14-7-4-3-6-13(14)12-18(16)9-5-8-15(20)21/h3-4,6-7,12H,5,8-11H2,1-2H3/p+1. The van der Waals surface area contributed by atoms with Crippen molar-refractivity contribution in [1.29, 1.82) is 0 Å². The molecule has 0 amide bonds. The lowest BCUT2D eigenvalue weighted by Gasteiger charge is -2.18. The van der Waals surface area contributed by atoms with Gasteiger partial charge in [0.2, 0.25) is 0 Å². The van der Waals surface area contributed by atoms with Crippen LogP contribution in [0.2, 0.25) is 0 Å². The summed E-state index contributed by atoms with van der Waals surface area (Å²) in [5.41, 5.74) is 0. The third-order valence-electron chi connectivity index (χ3n) is 3.40. The summed E-state index contributed by atoms with van der Waals surface area (Å²) in [6.45, 7) is 1.59. The van der Waals surface area contributed by atoms with E-state index in [0.717, 1.165) is 18.8 Å². The van der Waals surface area contributed by atoms with Gasteiger partial charge in [0.05, 0.1) is 24.9 Å². The zero-order valence-corrected chi connectivity index (χ0v) is 14.5. The van der Waals surface area contributed by atoms with E-state index in [9.17, 15) is 4.79 Å². The van der Waals surface area contributed by atoms with Crippen molar-refractivity contribution >= 4 is 40.3 Å². The molecule has 0 radical (unpaired) electrons. The molecule has 120 valence electrons. The minimum absolute atomic E-state index is 0.199. The van der Waals surface area contributed by atoms with Crippen LogP contribution in [0, 0.1) is 0 Å². The molecule has 1 aromatic carbocycles. The van der Waals surface area contributed by atoms with Gasteiger partial charge in [-0.05, 0) is 6.42 Å². The van der Waals surface area contributed by atoms with Gasteiger partial charge in [-0.3, -0.25) is 4.79 Å². The summed E-state index contributed by atoms with van der Waals surface area (Å²) in [6.07, 6.45) is 2.95. The first-order valence-electron chi connectivity index (χ1n) is 7.32. The Bertz CT molecular complexity index is 649. The molecule has 2 aromatic rings. The molecule has 0 unspecified atom stereocenters. The first-order chi connectivity index (χ1) is 10.4. The molecular formula is C16H22ClN2O2S+. The van der Waals surface area contributed by atoms with Crippen molar-refractivity contribution in [3.05, 3.63) is 30.5 Å². The SMILES string of the molecule is C[N+](C)(Cl)CCSc1c2ccccc2cn1CCCC(=O)O. The molecule has 1 heterocycles. The number of aliphatic carboxylic acids is 1. The fourth-order valence-electron chi connectivity index (χ4n) is 2.27. The number of quaternary nitrogens is 1. The molecule has 22 heavy (non-hydrogen) atoms. The zero-order valence-electron chi connectivity index (χ0n) is 13.0. The molecule has 6 heteroatoms. The molecule has 1 aromatic heterocycles. The van der Waals surface area contributed by atoms with Gasteiger partial charge in [0, 0.05) is 29.9 Å². The maximum atomic E-state index is 10.7. The number of aromatic nitrogens is 1. The molecule has 0 spiro atoms. The minimum atomic E-state index is -0.743. The summed E-state index contributed by atoms with van der Waals surface area (Å²) in [7, 11) is 3.93. The number of nitrogens with zero attached hydrogens (tertiary/aromatic N) is 2. The summed E-state index contributed by atoms with van der Waals surface area (Å²) >= 11 is 7.99. The Balaban J connectivity index is 2.14. The van der Waals surface area contributed by atoms with Gasteiger partial charge in [0.1, 0.15) is 6.54 Å².